The largest absolute Gasteiger partial charge is 0.493 e. The summed E-state index contributed by atoms with van der Waals surface area (Å²) < 4.78 is 69.2. The Morgan fingerprint density at radius 2 is 1.45 bits per heavy atom. The molecule has 0 aliphatic carbocycles. The Morgan fingerprint density at radius 3 is 2.05 bits per heavy atom. The molecule has 0 radical (unpaired) electrons. The predicted molar refractivity (Wildman–Crippen MR) is 138 cm³/mol. The second kappa shape index (κ2) is 12.4. The third-order valence-corrected chi connectivity index (χ3v) is 7.37. The van der Waals surface area contributed by atoms with E-state index >= 15 is 0 Å². The summed E-state index contributed by atoms with van der Waals surface area (Å²) in [7, 11) is 2.74. The molecule has 3 aromatic rings. The Morgan fingerprint density at radius 1 is 0.816 bits per heavy atom. The van der Waals surface area contributed by atoms with Crippen LogP contribution in [0.2, 0.25) is 0 Å². The Balaban J connectivity index is 1.93. The van der Waals surface area contributed by atoms with Crippen LogP contribution in [0.15, 0.2) is 59.5 Å². The Bertz CT molecular complexity index is 1400. The zero-order valence-corrected chi connectivity index (χ0v) is 22.4. The van der Waals surface area contributed by atoms with Crippen LogP contribution < -0.4 is 33.3 Å². The molecule has 0 bridgehead atoms. The second-order valence-electron chi connectivity index (χ2n) is 7.75. The summed E-state index contributed by atoms with van der Waals surface area (Å²) in [6, 6.07) is 12.5. The van der Waals surface area contributed by atoms with Crippen LogP contribution >= 0.6 is 0 Å². The van der Waals surface area contributed by atoms with Crippen LogP contribution in [0.3, 0.4) is 0 Å². The Labute approximate surface area is 220 Å². The average molecular weight is 549 g/mol. The van der Waals surface area contributed by atoms with Gasteiger partial charge < -0.3 is 29.0 Å². The molecule has 12 heteroatoms. The monoisotopic (exact) mass is 548 g/mol. The maximum atomic E-state index is 14.8. The number of ether oxygens (including phenoxy) is 5. The molecule has 3 rings (SSSR count). The van der Waals surface area contributed by atoms with Crippen molar-refractivity contribution in [3.63, 3.8) is 0 Å². The molecule has 10 nitrogen and oxygen atoms in total. The molecule has 0 aliphatic heterocycles. The maximum absolute atomic E-state index is 14.8. The lowest BCUT2D eigenvalue weighted by Crippen LogP contribution is -2.41. The summed E-state index contributed by atoms with van der Waals surface area (Å²) in [6.45, 7) is -0.725. The molecule has 0 spiro atoms. The molecule has 0 atom stereocenters. The summed E-state index contributed by atoms with van der Waals surface area (Å²) in [4.78, 5) is 12.8. The molecule has 1 N–H and O–H groups in total. The lowest BCUT2D eigenvalue weighted by atomic mass is 10.1. The smallest absolute Gasteiger partial charge is 0.265 e. The number of nitrogens with one attached hydrogen (secondary N) is 1. The third kappa shape index (κ3) is 5.86. The first kappa shape index (κ1) is 28.4. The van der Waals surface area contributed by atoms with E-state index in [1.165, 1.54) is 71.9 Å². The van der Waals surface area contributed by atoms with Gasteiger partial charge in [0, 0.05) is 18.2 Å². The van der Waals surface area contributed by atoms with Gasteiger partial charge in [0.05, 0.1) is 46.1 Å². The molecular formula is C26H29FN2O8S. The van der Waals surface area contributed by atoms with Gasteiger partial charge in [0.1, 0.15) is 12.4 Å². The molecular weight excluding hydrogens is 519 g/mol. The molecule has 0 aliphatic rings. The van der Waals surface area contributed by atoms with E-state index in [0.717, 1.165) is 6.07 Å². The number of sulfonamides is 1. The number of carbonyl (C=O) groups excluding carboxylic acids is 1. The summed E-state index contributed by atoms with van der Waals surface area (Å²) in [5.74, 6) is 0.0885. The first-order chi connectivity index (χ1) is 18.2. The number of hydrogen-bond donors (Lipinski definition) is 1. The molecule has 204 valence electrons. The van der Waals surface area contributed by atoms with Gasteiger partial charge in [-0.1, -0.05) is 12.1 Å². The van der Waals surface area contributed by atoms with Gasteiger partial charge >= 0.3 is 0 Å². The number of carbonyl (C=O) groups is 1. The number of nitrogens with zero attached hydrogens (tertiary/aromatic N) is 1. The van der Waals surface area contributed by atoms with Gasteiger partial charge in [0.2, 0.25) is 11.7 Å². The van der Waals surface area contributed by atoms with Gasteiger partial charge in [-0.15, -0.1) is 0 Å². The fourth-order valence-electron chi connectivity index (χ4n) is 3.74. The highest BCUT2D eigenvalue weighted by molar-refractivity contribution is 7.92. The van der Waals surface area contributed by atoms with Crippen molar-refractivity contribution in [2.45, 2.75) is 11.4 Å². The standard InChI is InChI=1S/C26H29FN2O8S/c1-33-21-13-11-18(14-23(21)35-3)38(31,32)29(20-9-7-6-8-19(20)27)16-24(30)28-15-17-10-12-22(34-2)26(37-5)25(17)36-4/h6-14H,15-16H2,1-5H3,(H,28,30). The minimum absolute atomic E-state index is 0.0239. The molecule has 0 heterocycles. The molecule has 0 fully saturated rings. The van der Waals surface area contributed by atoms with Crippen LogP contribution in [-0.4, -0.2) is 56.4 Å². The van der Waals surface area contributed by atoms with Crippen molar-refractivity contribution in [2.75, 3.05) is 46.4 Å². The fraction of sp³-hybridized carbons (Fsp3) is 0.269. The second-order valence-corrected chi connectivity index (χ2v) is 9.61. The normalized spacial score (nSPS) is 10.9. The predicted octanol–water partition coefficient (Wildman–Crippen LogP) is 3.38. The molecule has 0 unspecified atom stereocenters. The SMILES string of the molecule is COc1ccc(S(=O)(=O)N(CC(=O)NCc2ccc(OC)c(OC)c2OC)c2ccccc2F)cc1OC. The molecule has 0 aromatic heterocycles. The van der Waals surface area contributed by atoms with E-state index in [2.05, 4.69) is 5.32 Å². The van der Waals surface area contributed by atoms with Gasteiger partial charge in [0.25, 0.3) is 10.0 Å². The fourth-order valence-corrected chi connectivity index (χ4v) is 5.19. The number of para-hydroxylation sites is 1. The lowest BCUT2D eigenvalue weighted by molar-refractivity contribution is -0.119. The third-order valence-electron chi connectivity index (χ3n) is 5.61. The van der Waals surface area contributed by atoms with E-state index < -0.39 is 28.3 Å². The molecule has 3 aromatic carbocycles. The minimum atomic E-state index is -4.41. The van der Waals surface area contributed by atoms with E-state index in [1.807, 2.05) is 0 Å². The number of halogens is 1. The van der Waals surface area contributed by atoms with Gasteiger partial charge in [-0.2, -0.15) is 0 Å². The first-order valence-corrected chi connectivity index (χ1v) is 12.7. The minimum Gasteiger partial charge on any atom is -0.493 e. The van der Waals surface area contributed by atoms with Crippen molar-refractivity contribution in [1.82, 2.24) is 5.32 Å². The zero-order valence-electron chi connectivity index (χ0n) is 21.6. The van der Waals surface area contributed by atoms with E-state index in [-0.39, 0.29) is 22.9 Å². The van der Waals surface area contributed by atoms with E-state index in [0.29, 0.717) is 32.9 Å². The lowest BCUT2D eigenvalue weighted by Gasteiger charge is -2.25. The average Bonchev–Trinajstić information content (AvgIpc) is 2.93. The summed E-state index contributed by atoms with van der Waals surface area (Å²) in [5, 5.41) is 2.66. The highest BCUT2D eigenvalue weighted by Gasteiger charge is 2.30. The summed E-state index contributed by atoms with van der Waals surface area (Å²) in [5.41, 5.74) is 0.264. The van der Waals surface area contributed by atoms with Crippen LogP contribution in [-0.2, 0) is 21.4 Å². The van der Waals surface area contributed by atoms with Crippen molar-refractivity contribution < 1.29 is 41.3 Å². The highest BCUT2D eigenvalue weighted by Crippen LogP contribution is 2.39. The van der Waals surface area contributed by atoms with Gasteiger partial charge in [-0.25, -0.2) is 12.8 Å². The van der Waals surface area contributed by atoms with Crippen molar-refractivity contribution in [2.24, 2.45) is 0 Å². The summed E-state index contributed by atoms with van der Waals surface area (Å²) >= 11 is 0. The number of benzene rings is 3. The van der Waals surface area contributed by atoms with Crippen molar-refractivity contribution in [1.29, 1.82) is 0 Å². The van der Waals surface area contributed by atoms with Crippen molar-refractivity contribution in [3.05, 3.63) is 66.0 Å². The van der Waals surface area contributed by atoms with Crippen LogP contribution in [0.1, 0.15) is 5.56 Å². The first-order valence-electron chi connectivity index (χ1n) is 11.3. The number of rotatable bonds is 12. The quantitative estimate of drug-likeness (QED) is 0.367. The van der Waals surface area contributed by atoms with Crippen molar-refractivity contribution >= 4 is 21.6 Å². The Kier molecular flexibility index (Phi) is 9.24. The van der Waals surface area contributed by atoms with Crippen LogP contribution in [0.4, 0.5) is 10.1 Å². The number of amides is 1. The number of methoxy groups -OCH3 is 5. The maximum Gasteiger partial charge on any atom is 0.265 e. The number of anilines is 1. The molecule has 0 saturated heterocycles. The topological polar surface area (TPSA) is 113 Å². The summed E-state index contributed by atoms with van der Waals surface area (Å²) in [6.07, 6.45) is 0. The van der Waals surface area contributed by atoms with E-state index in [4.69, 9.17) is 23.7 Å². The van der Waals surface area contributed by atoms with Crippen LogP contribution in [0.25, 0.3) is 0 Å². The zero-order chi connectivity index (χ0) is 27.9. The van der Waals surface area contributed by atoms with Gasteiger partial charge in [-0.05, 0) is 36.4 Å². The van der Waals surface area contributed by atoms with Crippen molar-refractivity contribution in [3.8, 4) is 28.7 Å². The Hall–Kier alpha value is -4.19. The van der Waals surface area contributed by atoms with E-state index in [9.17, 15) is 17.6 Å². The molecule has 1 amide bonds. The highest BCUT2D eigenvalue weighted by atomic mass is 32.2. The molecule has 0 saturated carbocycles. The van der Waals surface area contributed by atoms with Gasteiger partial charge in [-0.3, -0.25) is 9.10 Å². The molecule has 38 heavy (non-hydrogen) atoms. The van der Waals surface area contributed by atoms with Crippen LogP contribution in [0.5, 0.6) is 28.7 Å². The van der Waals surface area contributed by atoms with Crippen LogP contribution in [0, 0.1) is 5.82 Å². The van der Waals surface area contributed by atoms with Gasteiger partial charge in [0.15, 0.2) is 23.0 Å². The number of hydrogen-bond acceptors (Lipinski definition) is 8. The van der Waals surface area contributed by atoms with E-state index in [1.54, 1.807) is 12.1 Å².